The van der Waals surface area contributed by atoms with E-state index in [2.05, 4.69) is 24.9 Å². The molecule has 0 amide bonds. The van der Waals surface area contributed by atoms with Gasteiger partial charge in [-0.3, -0.25) is 0 Å². The van der Waals surface area contributed by atoms with E-state index in [4.69, 9.17) is 5.73 Å². The molecule has 0 spiro atoms. The van der Waals surface area contributed by atoms with Crippen molar-refractivity contribution in [1.82, 2.24) is 5.32 Å². The van der Waals surface area contributed by atoms with Crippen molar-refractivity contribution in [3.63, 3.8) is 0 Å². The van der Waals surface area contributed by atoms with Gasteiger partial charge < -0.3 is 11.1 Å². The summed E-state index contributed by atoms with van der Waals surface area (Å²) in [5.41, 5.74) is 5.51. The molecule has 1 atom stereocenters. The van der Waals surface area contributed by atoms with Crippen LogP contribution in [0.5, 0.6) is 0 Å². The maximum Gasteiger partial charge on any atom is 0.0543 e. The van der Waals surface area contributed by atoms with Gasteiger partial charge in [0.05, 0.1) is 6.17 Å². The van der Waals surface area contributed by atoms with Crippen LogP contribution in [0.25, 0.3) is 0 Å². The Balaban J connectivity index is 2.86. The van der Waals surface area contributed by atoms with Crippen molar-refractivity contribution in [2.75, 3.05) is 12.3 Å². The van der Waals surface area contributed by atoms with Crippen LogP contribution in [0, 0.1) is 0 Å². The predicted octanol–water partition coefficient (Wildman–Crippen LogP) is 0.201. The quantitative estimate of drug-likeness (QED) is 0.379. The van der Waals surface area contributed by atoms with E-state index in [0.717, 1.165) is 18.7 Å². The van der Waals surface area contributed by atoms with Gasteiger partial charge in [-0.15, -0.1) is 0 Å². The molecule has 0 aromatic carbocycles. The molecule has 0 aromatic heterocycles. The molecule has 0 rings (SSSR count). The highest BCUT2D eigenvalue weighted by atomic mass is 32.1. The molecule has 0 aliphatic heterocycles. The van der Waals surface area contributed by atoms with Crippen LogP contribution in [0.3, 0.4) is 0 Å². The summed E-state index contributed by atoms with van der Waals surface area (Å²) in [4.78, 5) is 0. The summed E-state index contributed by atoms with van der Waals surface area (Å²) >= 11 is 4.02. The average Bonchev–Trinajstić information content (AvgIpc) is 1.83. The van der Waals surface area contributed by atoms with Crippen LogP contribution in [-0.4, -0.2) is 18.5 Å². The zero-order valence-corrected chi connectivity index (χ0v) is 6.12. The molecule has 0 aliphatic rings. The maximum atomic E-state index is 5.51. The second kappa shape index (κ2) is 5.41. The largest absolute Gasteiger partial charge is 0.316 e. The zero-order chi connectivity index (χ0) is 6.41. The fraction of sp³-hybridized carbons (Fsp3) is 1.00. The van der Waals surface area contributed by atoms with Crippen molar-refractivity contribution < 1.29 is 0 Å². The maximum absolute atomic E-state index is 5.51. The Morgan fingerprint density at radius 2 is 2.38 bits per heavy atom. The van der Waals surface area contributed by atoms with Crippen molar-refractivity contribution in [2.24, 2.45) is 5.73 Å². The first-order valence-electron chi connectivity index (χ1n) is 2.91. The Morgan fingerprint density at radius 1 is 1.75 bits per heavy atom. The molecule has 2 nitrogen and oxygen atoms in total. The van der Waals surface area contributed by atoms with E-state index < -0.39 is 0 Å². The van der Waals surface area contributed by atoms with Crippen LogP contribution in [0.1, 0.15) is 13.3 Å². The van der Waals surface area contributed by atoms with Gasteiger partial charge in [-0.1, -0.05) is 6.92 Å². The Labute approximate surface area is 56.2 Å². The number of nitrogens with two attached hydrogens (primary N) is 1. The first kappa shape index (κ1) is 8.27. The third kappa shape index (κ3) is 4.43. The van der Waals surface area contributed by atoms with E-state index in [1.807, 2.05) is 0 Å². The Hall–Kier alpha value is 0.270. The lowest BCUT2D eigenvalue weighted by Crippen LogP contribution is -2.37. The third-order valence-corrected chi connectivity index (χ3v) is 1.18. The predicted molar refractivity (Wildman–Crippen MR) is 40.1 cm³/mol. The molecule has 50 valence electrons. The minimum Gasteiger partial charge on any atom is -0.316 e. The molecule has 0 aliphatic carbocycles. The van der Waals surface area contributed by atoms with E-state index in [1.165, 1.54) is 0 Å². The normalized spacial score (nSPS) is 13.9. The van der Waals surface area contributed by atoms with Crippen molar-refractivity contribution >= 4 is 12.6 Å². The Bertz CT molecular complexity index is 49.7. The minimum atomic E-state index is 0.155. The lowest BCUT2D eigenvalue weighted by Gasteiger charge is -2.08. The van der Waals surface area contributed by atoms with E-state index >= 15 is 0 Å². The Morgan fingerprint density at radius 3 is 2.75 bits per heavy atom. The monoisotopic (exact) mass is 134 g/mol. The van der Waals surface area contributed by atoms with E-state index in [9.17, 15) is 0 Å². The molecule has 0 bridgehead atoms. The molecule has 0 fully saturated rings. The molecule has 1 unspecified atom stereocenters. The summed E-state index contributed by atoms with van der Waals surface area (Å²) in [6, 6.07) is 0. The number of hydrogen-bond acceptors (Lipinski definition) is 3. The van der Waals surface area contributed by atoms with E-state index in [-0.39, 0.29) is 6.17 Å². The highest BCUT2D eigenvalue weighted by molar-refractivity contribution is 7.80. The molecule has 3 N–H and O–H groups in total. The second-order valence-electron chi connectivity index (χ2n) is 1.69. The molecule has 0 saturated carbocycles. The molecule has 8 heavy (non-hydrogen) atoms. The van der Waals surface area contributed by atoms with Gasteiger partial charge >= 0.3 is 0 Å². The summed E-state index contributed by atoms with van der Waals surface area (Å²) in [6.07, 6.45) is 1.13. The number of nitrogens with one attached hydrogen (secondary N) is 1. The summed E-state index contributed by atoms with van der Waals surface area (Å²) in [7, 11) is 0. The van der Waals surface area contributed by atoms with Crippen molar-refractivity contribution in [3.8, 4) is 0 Å². The van der Waals surface area contributed by atoms with Crippen LogP contribution in [-0.2, 0) is 0 Å². The van der Waals surface area contributed by atoms with Gasteiger partial charge in [0.25, 0.3) is 0 Å². The standard InChI is InChI=1S/C5H14N2S/c1-2-5(6)7-3-4-8/h5,7-8H,2-4,6H2,1H3. The molecule has 0 saturated heterocycles. The fourth-order valence-electron chi connectivity index (χ4n) is 0.394. The molecule has 3 heteroatoms. The van der Waals surface area contributed by atoms with E-state index in [0.29, 0.717) is 0 Å². The van der Waals surface area contributed by atoms with Crippen LogP contribution in [0.2, 0.25) is 0 Å². The lowest BCUT2D eigenvalue weighted by molar-refractivity contribution is 0.533. The number of rotatable bonds is 4. The van der Waals surface area contributed by atoms with Gasteiger partial charge in [-0.2, -0.15) is 12.6 Å². The summed E-state index contributed by atoms with van der Waals surface area (Å²) in [5.74, 6) is 0.855. The SMILES string of the molecule is CCC(N)NCCS. The average molecular weight is 134 g/mol. The topological polar surface area (TPSA) is 38.0 Å². The molecular formula is C5H14N2S. The highest BCUT2D eigenvalue weighted by Gasteiger charge is 1.92. The minimum absolute atomic E-state index is 0.155. The first-order valence-corrected chi connectivity index (χ1v) is 3.54. The van der Waals surface area contributed by atoms with Crippen molar-refractivity contribution in [3.05, 3.63) is 0 Å². The number of thiol groups is 1. The smallest absolute Gasteiger partial charge is 0.0543 e. The first-order chi connectivity index (χ1) is 3.81. The van der Waals surface area contributed by atoms with E-state index in [1.54, 1.807) is 0 Å². The molecular weight excluding hydrogens is 120 g/mol. The zero-order valence-electron chi connectivity index (χ0n) is 5.22. The van der Waals surface area contributed by atoms with Gasteiger partial charge in [0, 0.05) is 12.3 Å². The lowest BCUT2D eigenvalue weighted by atomic mass is 10.4. The van der Waals surface area contributed by atoms with Gasteiger partial charge in [0.1, 0.15) is 0 Å². The highest BCUT2D eigenvalue weighted by Crippen LogP contribution is 1.78. The molecule has 0 heterocycles. The van der Waals surface area contributed by atoms with Crippen LogP contribution < -0.4 is 11.1 Å². The summed E-state index contributed by atoms with van der Waals surface area (Å²) in [5, 5.41) is 3.08. The van der Waals surface area contributed by atoms with Gasteiger partial charge in [-0.25, -0.2) is 0 Å². The summed E-state index contributed by atoms with van der Waals surface area (Å²) < 4.78 is 0. The fourth-order valence-corrected chi connectivity index (χ4v) is 0.523. The van der Waals surface area contributed by atoms with Gasteiger partial charge in [0.15, 0.2) is 0 Å². The van der Waals surface area contributed by atoms with Gasteiger partial charge in [-0.05, 0) is 6.42 Å². The van der Waals surface area contributed by atoms with Crippen molar-refractivity contribution in [2.45, 2.75) is 19.5 Å². The van der Waals surface area contributed by atoms with Crippen LogP contribution in [0.4, 0.5) is 0 Å². The molecule has 0 aromatic rings. The summed E-state index contributed by atoms with van der Waals surface area (Å²) in [6.45, 7) is 2.95. The third-order valence-electron chi connectivity index (χ3n) is 0.958. The van der Waals surface area contributed by atoms with Crippen LogP contribution >= 0.6 is 12.6 Å². The van der Waals surface area contributed by atoms with Crippen LogP contribution in [0.15, 0.2) is 0 Å². The second-order valence-corrected chi connectivity index (χ2v) is 2.14. The van der Waals surface area contributed by atoms with Gasteiger partial charge in [0.2, 0.25) is 0 Å². The number of hydrogen-bond donors (Lipinski definition) is 3. The van der Waals surface area contributed by atoms with Crippen molar-refractivity contribution in [1.29, 1.82) is 0 Å². The Kier molecular flexibility index (Phi) is 5.59. The molecule has 0 radical (unpaired) electrons.